The van der Waals surface area contributed by atoms with Crippen LogP contribution in [0.15, 0.2) is 42.6 Å². The van der Waals surface area contributed by atoms with Gasteiger partial charge in [0.2, 0.25) is 0 Å². The molecule has 1 N–H and O–H groups in total. The zero-order chi connectivity index (χ0) is 14.2. The number of nitrogens with one attached hydrogen (secondary N) is 1. The number of hydrogen-bond acceptors (Lipinski definition) is 4. The third kappa shape index (κ3) is 4.16. The number of ether oxygens (including phenoxy) is 2. The van der Waals surface area contributed by atoms with Crippen molar-refractivity contribution in [2.75, 3.05) is 25.1 Å². The van der Waals surface area contributed by atoms with Gasteiger partial charge >= 0.3 is 0 Å². The number of nitrogens with zero attached hydrogens (tertiary/aromatic N) is 1. The second-order valence-corrected chi connectivity index (χ2v) is 4.37. The molecule has 4 heteroatoms. The maximum absolute atomic E-state index is 5.68. The molecule has 0 amide bonds. The number of anilines is 1. The van der Waals surface area contributed by atoms with E-state index in [1.165, 1.54) is 5.56 Å². The standard InChI is InChI=1S/C16H20N2O2/c1-3-19-15-8-5-9-17-16(15)18-10-11-20-14-7-4-6-13(2)12-14/h4-9,12H,3,10-11H2,1-2H3,(H,17,18). The van der Waals surface area contributed by atoms with Gasteiger partial charge in [0.15, 0.2) is 11.6 Å². The van der Waals surface area contributed by atoms with Gasteiger partial charge in [-0.1, -0.05) is 12.1 Å². The van der Waals surface area contributed by atoms with E-state index in [4.69, 9.17) is 9.47 Å². The number of pyridine rings is 1. The Kier molecular flexibility index (Phi) is 5.24. The summed E-state index contributed by atoms with van der Waals surface area (Å²) in [4.78, 5) is 4.26. The highest BCUT2D eigenvalue weighted by Crippen LogP contribution is 2.20. The molecule has 1 heterocycles. The summed E-state index contributed by atoms with van der Waals surface area (Å²) in [6.07, 6.45) is 1.74. The van der Waals surface area contributed by atoms with Crippen LogP contribution >= 0.6 is 0 Å². The van der Waals surface area contributed by atoms with Crippen LogP contribution in [0.5, 0.6) is 11.5 Å². The smallest absolute Gasteiger partial charge is 0.168 e. The molecule has 0 unspecified atom stereocenters. The van der Waals surface area contributed by atoms with Crippen molar-refractivity contribution in [1.29, 1.82) is 0 Å². The van der Waals surface area contributed by atoms with Crippen molar-refractivity contribution in [3.63, 3.8) is 0 Å². The molecule has 0 aliphatic carbocycles. The minimum Gasteiger partial charge on any atom is -0.492 e. The largest absolute Gasteiger partial charge is 0.492 e. The van der Waals surface area contributed by atoms with Gasteiger partial charge in [-0.2, -0.15) is 0 Å². The lowest BCUT2D eigenvalue weighted by Crippen LogP contribution is -2.13. The molecule has 20 heavy (non-hydrogen) atoms. The normalized spacial score (nSPS) is 10.1. The van der Waals surface area contributed by atoms with E-state index in [-0.39, 0.29) is 0 Å². The summed E-state index contributed by atoms with van der Waals surface area (Å²) in [5.74, 6) is 2.41. The molecule has 0 saturated carbocycles. The summed E-state index contributed by atoms with van der Waals surface area (Å²) in [7, 11) is 0. The zero-order valence-corrected chi connectivity index (χ0v) is 11.9. The van der Waals surface area contributed by atoms with Crippen molar-refractivity contribution in [1.82, 2.24) is 4.98 Å². The second-order valence-electron chi connectivity index (χ2n) is 4.37. The lowest BCUT2D eigenvalue weighted by molar-refractivity contribution is 0.329. The fourth-order valence-electron chi connectivity index (χ4n) is 1.84. The summed E-state index contributed by atoms with van der Waals surface area (Å²) < 4.78 is 11.2. The third-order valence-corrected chi connectivity index (χ3v) is 2.72. The van der Waals surface area contributed by atoms with E-state index in [9.17, 15) is 0 Å². The number of rotatable bonds is 7. The van der Waals surface area contributed by atoms with Crippen LogP contribution in [0, 0.1) is 6.92 Å². The van der Waals surface area contributed by atoms with Crippen molar-refractivity contribution in [2.24, 2.45) is 0 Å². The van der Waals surface area contributed by atoms with Gasteiger partial charge in [0.05, 0.1) is 13.2 Å². The number of hydrogen-bond donors (Lipinski definition) is 1. The van der Waals surface area contributed by atoms with Crippen molar-refractivity contribution < 1.29 is 9.47 Å². The van der Waals surface area contributed by atoms with E-state index < -0.39 is 0 Å². The fraction of sp³-hybridized carbons (Fsp3) is 0.312. The molecular formula is C16H20N2O2. The molecule has 0 radical (unpaired) electrons. The molecular weight excluding hydrogens is 252 g/mol. The van der Waals surface area contributed by atoms with Crippen LogP contribution in [-0.2, 0) is 0 Å². The van der Waals surface area contributed by atoms with Crippen molar-refractivity contribution in [3.8, 4) is 11.5 Å². The van der Waals surface area contributed by atoms with Gasteiger partial charge in [-0.3, -0.25) is 0 Å². The molecule has 0 aliphatic heterocycles. The third-order valence-electron chi connectivity index (χ3n) is 2.72. The van der Waals surface area contributed by atoms with Gasteiger partial charge < -0.3 is 14.8 Å². The Balaban J connectivity index is 1.81. The maximum Gasteiger partial charge on any atom is 0.168 e. The average molecular weight is 272 g/mol. The van der Waals surface area contributed by atoms with Crippen LogP contribution in [0.2, 0.25) is 0 Å². The molecule has 0 aliphatic rings. The van der Waals surface area contributed by atoms with E-state index in [1.54, 1.807) is 6.20 Å². The second kappa shape index (κ2) is 7.38. The van der Waals surface area contributed by atoms with Crippen LogP contribution in [0.1, 0.15) is 12.5 Å². The van der Waals surface area contributed by atoms with E-state index >= 15 is 0 Å². The lowest BCUT2D eigenvalue weighted by atomic mass is 10.2. The molecule has 2 aromatic rings. The van der Waals surface area contributed by atoms with E-state index in [0.29, 0.717) is 19.8 Å². The van der Waals surface area contributed by atoms with Gasteiger partial charge in [0.1, 0.15) is 12.4 Å². The molecule has 0 atom stereocenters. The Labute approximate surface area is 119 Å². The molecule has 4 nitrogen and oxygen atoms in total. The molecule has 0 fully saturated rings. The highest BCUT2D eigenvalue weighted by Gasteiger charge is 2.02. The lowest BCUT2D eigenvalue weighted by Gasteiger charge is -2.11. The van der Waals surface area contributed by atoms with Crippen molar-refractivity contribution >= 4 is 5.82 Å². The molecule has 2 rings (SSSR count). The predicted octanol–water partition coefficient (Wildman–Crippen LogP) is 3.28. The Bertz CT molecular complexity index is 544. The van der Waals surface area contributed by atoms with Gasteiger partial charge in [-0.25, -0.2) is 4.98 Å². The number of benzene rings is 1. The Morgan fingerprint density at radius 1 is 1.15 bits per heavy atom. The van der Waals surface area contributed by atoms with Crippen LogP contribution in [0.3, 0.4) is 0 Å². The average Bonchev–Trinajstić information content (AvgIpc) is 2.46. The van der Waals surface area contributed by atoms with Gasteiger partial charge in [-0.15, -0.1) is 0 Å². The number of aryl methyl sites for hydroxylation is 1. The molecule has 106 valence electrons. The quantitative estimate of drug-likeness (QED) is 0.786. The van der Waals surface area contributed by atoms with E-state index in [0.717, 1.165) is 17.3 Å². The van der Waals surface area contributed by atoms with E-state index in [1.807, 2.05) is 50.2 Å². The minimum absolute atomic E-state index is 0.575. The predicted molar refractivity (Wildman–Crippen MR) is 80.6 cm³/mol. The Hall–Kier alpha value is -2.23. The minimum atomic E-state index is 0.575. The van der Waals surface area contributed by atoms with Crippen molar-refractivity contribution in [2.45, 2.75) is 13.8 Å². The van der Waals surface area contributed by atoms with Crippen LogP contribution in [0.25, 0.3) is 0 Å². The Morgan fingerprint density at radius 2 is 2.05 bits per heavy atom. The number of aromatic nitrogens is 1. The van der Waals surface area contributed by atoms with Crippen molar-refractivity contribution in [3.05, 3.63) is 48.2 Å². The molecule has 0 bridgehead atoms. The first kappa shape index (κ1) is 14.2. The van der Waals surface area contributed by atoms with Crippen LogP contribution < -0.4 is 14.8 Å². The maximum atomic E-state index is 5.68. The van der Waals surface area contributed by atoms with Crippen LogP contribution in [-0.4, -0.2) is 24.7 Å². The first-order valence-electron chi connectivity index (χ1n) is 6.80. The molecule has 1 aromatic carbocycles. The molecule has 0 spiro atoms. The fourth-order valence-corrected chi connectivity index (χ4v) is 1.84. The first-order valence-corrected chi connectivity index (χ1v) is 6.80. The zero-order valence-electron chi connectivity index (χ0n) is 11.9. The molecule has 1 aromatic heterocycles. The summed E-state index contributed by atoms with van der Waals surface area (Å²) in [5, 5.41) is 3.22. The topological polar surface area (TPSA) is 43.4 Å². The summed E-state index contributed by atoms with van der Waals surface area (Å²) in [6, 6.07) is 11.8. The summed E-state index contributed by atoms with van der Waals surface area (Å²) in [6.45, 7) is 5.88. The molecule has 0 saturated heterocycles. The Morgan fingerprint density at radius 3 is 2.85 bits per heavy atom. The summed E-state index contributed by atoms with van der Waals surface area (Å²) in [5.41, 5.74) is 1.19. The summed E-state index contributed by atoms with van der Waals surface area (Å²) >= 11 is 0. The van der Waals surface area contributed by atoms with Gasteiger partial charge in [0, 0.05) is 6.20 Å². The highest BCUT2D eigenvalue weighted by molar-refractivity contribution is 5.49. The monoisotopic (exact) mass is 272 g/mol. The SMILES string of the molecule is CCOc1cccnc1NCCOc1cccc(C)c1. The first-order chi connectivity index (χ1) is 9.79. The van der Waals surface area contributed by atoms with Crippen LogP contribution in [0.4, 0.5) is 5.82 Å². The van der Waals surface area contributed by atoms with Gasteiger partial charge in [-0.05, 0) is 43.7 Å². The van der Waals surface area contributed by atoms with E-state index in [2.05, 4.69) is 10.3 Å². The highest BCUT2D eigenvalue weighted by atomic mass is 16.5. The van der Waals surface area contributed by atoms with Gasteiger partial charge in [0.25, 0.3) is 0 Å².